The van der Waals surface area contributed by atoms with Crippen molar-refractivity contribution in [2.45, 2.75) is 13.5 Å². The number of benzene rings is 3. The lowest BCUT2D eigenvalue weighted by Gasteiger charge is -2.15. The van der Waals surface area contributed by atoms with Gasteiger partial charge in [0.15, 0.2) is 11.5 Å². The summed E-state index contributed by atoms with van der Waals surface area (Å²) in [6.45, 7) is 2.07. The number of hydrogen-bond donors (Lipinski definition) is 1. The van der Waals surface area contributed by atoms with Gasteiger partial charge in [-0.25, -0.2) is 0 Å². The molecule has 1 heterocycles. The fourth-order valence-corrected chi connectivity index (χ4v) is 4.99. The van der Waals surface area contributed by atoms with E-state index in [-0.39, 0.29) is 11.5 Å². The quantitative estimate of drug-likeness (QED) is 0.247. The molecule has 3 aromatic rings. The van der Waals surface area contributed by atoms with Crippen LogP contribution < -0.4 is 19.5 Å². The van der Waals surface area contributed by atoms with Crippen molar-refractivity contribution in [2.24, 2.45) is 0 Å². The first kappa shape index (κ1) is 28.5. The molecular formula is C28H24BrClN2O6S. The van der Waals surface area contributed by atoms with Crippen molar-refractivity contribution in [3.63, 3.8) is 0 Å². The van der Waals surface area contributed by atoms with Gasteiger partial charge in [0.1, 0.15) is 18.9 Å². The highest BCUT2D eigenvalue weighted by atomic mass is 79.9. The second-order valence-corrected chi connectivity index (χ2v) is 10.5. The van der Waals surface area contributed by atoms with Crippen molar-refractivity contribution in [1.82, 2.24) is 4.90 Å². The number of amides is 3. The molecule has 202 valence electrons. The second kappa shape index (κ2) is 13.1. The zero-order valence-corrected chi connectivity index (χ0v) is 24.2. The Labute approximate surface area is 243 Å². The van der Waals surface area contributed by atoms with Gasteiger partial charge in [-0.3, -0.25) is 19.3 Å². The summed E-state index contributed by atoms with van der Waals surface area (Å²) < 4.78 is 17.8. The molecule has 0 radical (unpaired) electrons. The minimum atomic E-state index is -0.570. The molecule has 3 amide bonds. The summed E-state index contributed by atoms with van der Waals surface area (Å²) in [5.41, 5.74) is 2.02. The summed E-state index contributed by atoms with van der Waals surface area (Å²) in [7, 11) is 1.54. The first-order valence-corrected chi connectivity index (χ1v) is 13.8. The fourth-order valence-electron chi connectivity index (χ4n) is 3.62. The third-order valence-electron chi connectivity index (χ3n) is 5.47. The summed E-state index contributed by atoms with van der Waals surface area (Å²) in [6.07, 6.45) is 1.54. The zero-order valence-electron chi connectivity index (χ0n) is 21.0. The number of imide groups is 1. The Morgan fingerprint density at radius 3 is 2.46 bits per heavy atom. The lowest BCUT2D eigenvalue weighted by atomic mass is 10.1. The molecule has 39 heavy (non-hydrogen) atoms. The lowest BCUT2D eigenvalue weighted by molar-refractivity contribution is -0.127. The van der Waals surface area contributed by atoms with E-state index in [2.05, 4.69) is 21.2 Å². The topological polar surface area (TPSA) is 94.2 Å². The van der Waals surface area contributed by atoms with Crippen molar-refractivity contribution in [1.29, 1.82) is 0 Å². The highest BCUT2D eigenvalue weighted by Gasteiger charge is 2.36. The molecule has 1 saturated heterocycles. The Morgan fingerprint density at radius 1 is 1.08 bits per heavy atom. The number of hydrogen-bond acceptors (Lipinski definition) is 7. The number of halogens is 2. The molecule has 8 nitrogen and oxygen atoms in total. The molecule has 0 atom stereocenters. The van der Waals surface area contributed by atoms with E-state index in [1.165, 1.54) is 0 Å². The summed E-state index contributed by atoms with van der Waals surface area (Å²) in [4.78, 5) is 39.1. The summed E-state index contributed by atoms with van der Waals surface area (Å²) in [5, 5.41) is 2.42. The van der Waals surface area contributed by atoms with Crippen LogP contribution in [0, 0.1) is 0 Å². The Morgan fingerprint density at radius 2 is 1.79 bits per heavy atom. The van der Waals surface area contributed by atoms with Gasteiger partial charge in [-0.15, -0.1) is 0 Å². The number of thioether (sulfide) groups is 1. The van der Waals surface area contributed by atoms with E-state index in [0.29, 0.717) is 40.1 Å². The number of carbonyl (C=O) groups excluding carboxylic acids is 3. The van der Waals surface area contributed by atoms with Gasteiger partial charge in [0.2, 0.25) is 5.91 Å². The monoisotopic (exact) mass is 630 g/mol. The normalized spacial score (nSPS) is 14.1. The van der Waals surface area contributed by atoms with Crippen molar-refractivity contribution >= 4 is 68.1 Å². The van der Waals surface area contributed by atoms with Gasteiger partial charge in [0.05, 0.1) is 23.6 Å². The van der Waals surface area contributed by atoms with Crippen LogP contribution in [0.25, 0.3) is 6.08 Å². The molecule has 11 heteroatoms. The molecule has 4 rings (SSSR count). The number of nitrogens with zero attached hydrogens (tertiary/aromatic N) is 1. The second-order valence-electron chi connectivity index (χ2n) is 8.22. The van der Waals surface area contributed by atoms with E-state index in [9.17, 15) is 14.4 Å². The van der Waals surface area contributed by atoms with Crippen LogP contribution in [0.1, 0.15) is 18.1 Å². The van der Waals surface area contributed by atoms with Crippen molar-refractivity contribution in [3.05, 3.63) is 86.2 Å². The van der Waals surface area contributed by atoms with Gasteiger partial charge in [-0.05, 0) is 84.4 Å². The lowest BCUT2D eigenvalue weighted by Crippen LogP contribution is -2.36. The van der Waals surface area contributed by atoms with Gasteiger partial charge >= 0.3 is 0 Å². The number of nitrogens with one attached hydrogen (secondary N) is 1. The highest BCUT2D eigenvalue weighted by Crippen LogP contribution is 2.39. The Hall–Kier alpha value is -3.47. The van der Waals surface area contributed by atoms with Gasteiger partial charge in [0, 0.05) is 10.2 Å². The molecule has 0 unspecified atom stereocenters. The number of ether oxygens (including phenoxy) is 3. The predicted octanol–water partition coefficient (Wildman–Crippen LogP) is 6.76. The molecule has 0 aliphatic carbocycles. The largest absolute Gasteiger partial charge is 0.497 e. The number of anilines is 1. The van der Waals surface area contributed by atoms with E-state index < -0.39 is 23.6 Å². The standard InChI is InChI=1S/C28H24BrClN2O6S/c1-3-37-23-13-18(12-22(30)26(23)38-16-17-4-6-19(29)7-5-17)14-24-27(34)32(28(35)39-24)15-25(33)31-20-8-10-21(36-2)11-9-20/h4-14H,3,15-16H2,1-2H3,(H,31,33)/b24-14+. The first-order valence-electron chi connectivity index (χ1n) is 11.8. The van der Waals surface area contributed by atoms with Gasteiger partial charge in [-0.2, -0.15) is 0 Å². The van der Waals surface area contributed by atoms with E-state index in [0.717, 1.165) is 26.7 Å². The summed E-state index contributed by atoms with van der Waals surface area (Å²) >= 11 is 10.7. The average Bonchev–Trinajstić information content (AvgIpc) is 3.17. The molecule has 0 saturated carbocycles. The predicted molar refractivity (Wildman–Crippen MR) is 155 cm³/mol. The Kier molecular flexibility index (Phi) is 9.55. The van der Waals surface area contributed by atoms with Crippen molar-refractivity contribution in [3.8, 4) is 17.2 Å². The van der Waals surface area contributed by atoms with Crippen LogP contribution >= 0.6 is 39.3 Å². The SMILES string of the molecule is CCOc1cc(/C=C2/SC(=O)N(CC(=O)Nc3ccc(OC)cc3)C2=O)cc(Cl)c1OCc1ccc(Br)cc1. The summed E-state index contributed by atoms with van der Waals surface area (Å²) in [5.74, 6) is 0.353. The minimum absolute atomic E-state index is 0.166. The van der Waals surface area contributed by atoms with Gasteiger partial charge in [-0.1, -0.05) is 39.7 Å². The van der Waals surface area contributed by atoms with Crippen molar-refractivity contribution in [2.75, 3.05) is 25.6 Å². The van der Waals surface area contributed by atoms with Crippen LogP contribution in [0.4, 0.5) is 10.5 Å². The average molecular weight is 632 g/mol. The van der Waals surface area contributed by atoms with Crippen LogP contribution in [0.3, 0.4) is 0 Å². The maximum atomic E-state index is 13.0. The Balaban J connectivity index is 1.46. The summed E-state index contributed by atoms with van der Waals surface area (Å²) in [6, 6.07) is 17.7. The number of carbonyl (C=O) groups is 3. The van der Waals surface area contributed by atoms with Crippen LogP contribution in [0.5, 0.6) is 17.2 Å². The zero-order chi connectivity index (χ0) is 27.9. The van der Waals surface area contributed by atoms with Crippen LogP contribution in [0.2, 0.25) is 5.02 Å². The maximum Gasteiger partial charge on any atom is 0.294 e. The van der Waals surface area contributed by atoms with Crippen LogP contribution in [-0.2, 0) is 16.2 Å². The molecule has 3 aromatic carbocycles. The van der Waals surface area contributed by atoms with E-state index in [4.69, 9.17) is 25.8 Å². The minimum Gasteiger partial charge on any atom is -0.497 e. The maximum absolute atomic E-state index is 13.0. The molecular weight excluding hydrogens is 608 g/mol. The number of rotatable bonds is 10. The van der Waals surface area contributed by atoms with Gasteiger partial charge < -0.3 is 19.5 Å². The number of methoxy groups -OCH3 is 1. The smallest absolute Gasteiger partial charge is 0.294 e. The van der Waals surface area contributed by atoms with E-state index in [1.807, 2.05) is 31.2 Å². The molecule has 1 aliphatic heterocycles. The van der Waals surface area contributed by atoms with Crippen LogP contribution in [0.15, 0.2) is 70.0 Å². The Bertz CT molecular complexity index is 1410. The third-order valence-corrected chi connectivity index (χ3v) is 7.19. The first-order chi connectivity index (χ1) is 18.8. The molecule has 0 bridgehead atoms. The van der Waals surface area contributed by atoms with Crippen molar-refractivity contribution < 1.29 is 28.6 Å². The molecule has 1 N–H and O–H groups in total. The molecule has 1 fully saturated rings. The van der Waals surface area contributed by atoms with Crippen LogP contribution in [-0.4, -0.2) is 42.2 Å². The third kappa shape index (κ3) is 7.35. The highest BCUT2D eigenvalue weighted by molar-refractivity contribution is 9.10. The van der Waals surface area contributed by atoms with E-state index >= 15 is 0 Å². The van der Waals surface area contributed by atoms with E-state index in [1.54, 1.807) is 49.6 Å². The molecule has 1 aliphatic rings. The molecule has 0 aromatic heterocycles. The van der Waals surface area contributed by atoms with Gasteiger partial charge in [0.25, 0.3) is 11.1 Å². The molecule has 0 spiro atoms. The fraction of sp³-hybridized carbons (Fsp3) is 0.179.